The Morgan fingerprint density at radius 3 is 0.939 bits per heavy atom. The van der Waals surface area contributed by atoms with Crippen LogP contribution in [0.25, 0.3) is 0 Å². The second kappa shape index (κ2) is 17.8. The van der Waals surface area contributed by atoms with Gasteiger partial charge in [0.05, 0.1) is 12.8 Å². The average Bonchev–Trinajstić information content (AvgIpc) is 2.59. The number of carboxylic acids is 7. The van der Waals surface area contributed by atoms with Crippen molar-refractivity contribution in [1.82, 2.24) is 0 Å². The predicted octanol–water partition coefficient (Wildman–Crippen LogP) is -3.83. The van der Waals surface area contributed by atoms with Crippen LogP contribution < -0.4 is 0 Å². The SMILES string of the molecule is CC(=O)O.C[C@H](O)C(=O)O.O=C(O)CC(O)(CC(=O)O)C(=O)O.O=C(O)[C@H](O)[C@@H](O)C(=O)O. The molecule has 0 aliphatic carbocycles. The quantitative estimate of drug-likeness (QED) is 0.147. The molecule has 0 unspecified atom stereocenters. The normalized spacial score (nSPS) is 12.3. The van der Waals surface area contributed by atoms with Crippen LogP contribution in [0.5, 0.6) is 0 Å². The highest BCUT2D eigenvalue weighted by Gasteiger charge is 2.40. The minimum absolute atomic E-state index is 0.833. The first-order valence-electron chi connectivity index (χ1n) is 7.93. The minimum atomic E-state index is -2.74. The molecule has 0 rings (SSSR count). The number of carboxylic acid groups (broad SMARTS) is 7. The zero-order valence-corrected chi connectivity index (χ0v) is 16.9. The van der Waals surface area contributed by atoms with Crippen molar-refractivity contribution in [2.24, 2.45) is 0 Å². The minimum Gasteiger partial charge on any atom is -0.481 e. The van der Waals surface area contributed by atoms with Gasteiger partial charge >= 0.3 is 35.8 Å². The molecule has 0 aromatic carbocycles. The van der Waals surface area contributed by atoms with Crippen molar-refractivity contribution in [3.8, 4) is 0 Å². The number of carbonyl (C=O) groups is 7. The maximum absolute atomic E-state index is 10.3. The Morgan fingerprint density at radius 1 is 0.636 bits per heavy atom. The highest BCUT2D eigenvalue weighted by atomic mass is 16.4. The summed E-state index contributed by atoms with van der Waals surface area (Å²) in [7, 11) is 0. The van der Waals surface area contributed by atoms with Crippen LogP contribution in [-0.2, 0) is 33.6 Å². The van der Waals surface area contributed by atoms with E-state index in [0.29, 0.717) is 0 Å². The van der Waals surface area contributed by atoms with Crippen LogP contribution in [0.3, 0.4) is 0 Å². The van der Waals surface area contributed by atoms with Gasteiger partial charge in [-0.05, 0) is 6.92 Å². The van der Waals surface area contributed by atoms with Gasteiger partial charge in [0.15, 0.2) is 17.8 Å². The maximum atomic E-state index is 10.3. The molecule has 18 nitrogen and oxygen atoms in total. The highest BCUT2D eigenvalue weighted by Crippen LogP contribution is 2.15. The number of hydrogen-bond acceptors (Lipinski definition) is 11. The van der Waals surface area contributed by atoms with E-state index in [4.69, 9.17) is 61.0 Å². The van der Waals surface area contributed by atoms with Crippen LogP contribution in [0.1, 0.15) is 26.7 Å². The third-order valence-electron chi connectivity index (χ3n) is 2.45. The lowest BCUT2D eigenvalue weighted by Gasteiger charge is -2.18. The Labute approximate surface area is 183 Å². The molecule has 0 aromatic heterocycles. The fraction of sp³-hybridized carbons (Fsp3) is 0.533. The first kappa shape index (κ1) is 36.5. The molecule has 33 heavy (non-hydrogen) atoms. The molecular weight excluding hydrogens is 468 g/mol. The molecule has 192 valence electrons. The summed E-state index contributed by atoms with van der Waals surface area (Å²) in [6, 6.07) is 0. The standard InChI is InChI=1S/C6H8O7.C4H6O6.C3H6O3.C2H4O2/c7-3(8)1-6(13,5(11)12)2-4(9)10;5-1(3(7)8)2(6)4(9)10;1-2(4)3(5)6;1-2(3)4/h13H,1-2H2,(H,7,8)(H,9,10)(H,11,12);1-2,5-6H,(H,7,8)(H,9,10);2,4H,1H3,(H,5,6);1H3,(H,3,4)/t;1-,2-;2-;/m.10./s1. The monoisotopic (exact) mass is 492 g/mol. The number of rotatable bonds is 9. The van der Waals surface area contributed by atoms with E-state index in [2.05, 4.69) is 0 Å². The largest absolute Gasteiger partial charge is 0.481 e. The van der Waals surface area contributed by atoms with Crippen LogP contribution in [0.15, 0.2) is 0 Å². The lowest BCUT2D eigenvalue weighted by Crippen LogP contribution is -2.42. The van der Waals surface area contributed by atoms with Gasteiger partial charge in [-0.15, -0.1) is 0 Å². The van der Waals surface area contributed by atoms with E-state index >= 15 is 0 Å². The Kier molecular flexibility index (Phi) is 19.7. The van der Waals surface area contributed by atoms with Gasteiger partial charge in [0, 0.05) is 6.92 Å². The second-order valence-corrected chi connectivity index (χ2v) is 5.58. The van der Waals surface area contributed by atoms with Gasteiger partial charge in [0.1, 0.15) is 6.10 Å². The van der Waals surface area contributed by atoms with Gasteiger partial charge in [-0.1, -0.05) is 0 Å². The van der Waals surface area contributed by atoms with E-state index < -0.39 is 78.5 Å². The van der Waals surface area contributed by atoms with Gasteiger partial charge in [-0.25, -0.2) is 19.2 Å². The predicted molar refractivity (Wildman–Crippen MR) is 97.0 cm³/mol. The van der Waals surface area contributed by atoms with Gasteiger partial charge < -0.3 is 56.2 Å². The Balaban J connectivity index is -0.000000186. The smallest absolute Gasteiger partial charge is 0.336 e. The molecular formula is C15H24O18. The van der Waals surface area contributed by atoms with Crippen molar-refractivity contribution < 1.29 is 89.7 Å². The summed E-state index contributed by atoms with van der Waals surface area (Å²) in [4.78, 5) is 68.5. The summed E-state index contributed by atoms with van der Waals surface area (Å²) in [5.41, 5.74) is -2.74. The topological polar surface area (TPSA) is 342 Å². The van der Waals surface area contributed by atoms with Crippen molar-refractivity contribution in [3.05, 3.63) is 0 Å². The fourth-order valence-corrected chi connectivity index (χ4v) is 0.984. The first-order chi connectivity index (χ1) is 14.6. The third kappa shape index (κ3) is 24.3. The summed E-state index contributed by atoms with van der Waals surface area (Å²) < 4.78 is 0. The molecule has 0 amide bonds. The summed E-state index contributed by atoms with van der Waals surface area (Å²) in [5.74, 6) is -10.6. The van der Waals surface area contributed by atoms with E-state index in [-0.39, 0.29) is 0 Å². The summed E-state index contributed by atoms with van der Waals surface area (Å²) >= 11 is 0. The molecule has 0 fully saturated rings. The molecule has 0 saturated carbocycles. The van der Waals surface area contributed by atoms with Crippen molar-refractivity contribution in [2.75, 3.05) is 0 Å². The number of hydrogen-bond donors (Lipinski definition) is 11. The molecule has 0 spiro atoms. The number of aliphatic hydroxyl groups is 4. The average molecular weight is 492 g/mol. The van der Waals surface area contributed by atoms with Gasteiger partial charge in [0.25, 0.3) is 5.97 Å². The molecule has 0 saturated heterocycles. The first-order valence-corrected chi connectivity index (χ1v) is 7.93. The molecule has 0 bridgehead atoms. The van der Waals surface area contributed by atoms with Crippen LogP contribution >= 0.6 is 0 Å². The molecule has 11 N–H and O–H groups in total. The van der Waals surface area contributed by atoms with E-state index in [1.165, 1.54) is 6.92 Å². The van der Waals surface area contributed by atoms with Gasteiger partial charge in [0.2, 0.25) is 0 Å². The van der Waals surface area contributed by atoms with Crippen LogP contribution in [0, 0.1) is 0 Å². The molecule has 0 aromatic rings. The highest BCUT2D eigenvalue weighted by molar-refractivity contribution is 5.88. The van der Waals surface area contributed by atoms with Crippen LogP contribution in [-0.4, -0.2) is 122 Å². The molecule has 3 atom stereocenters. The van der Waals surface area contributed by atoms with E-state index in [9.17, 15) is 28.8 Å². The fourth-order valence-electron chi connectivity index (χ4n) is 0.984. The number of aliphatic carboxylic acids is 7. The Bertz CT molecular complexity index is 657. The van der Waals surface area contributed by atoms with Gasteiger partial charge in [-0.2, -0.15) is 0 Å². The van der Waals surface area contributed by atoms with Crippen LogP contribution in [0.4, 0.5) is 0 Å². The number of aliphatic hydroxyl groups excluding tert-OH is 3. The van der Waals surface area contributed by atoms with Crippen molar-refractivity contribution in [1.29, 1.82) is 0 Å². The van der Waals surface area contributed by atoms with E-state index in [0.717, 1.165) is 6.92 Å². The summed E-state index contributed by atoms with van der Waals surface area (Å²) in [6.07, 6.45) is -8.05. The van der Waals surface area contributed by atoms with E-state index in [1.54, 1.807) is 0 Å². The Hall–Kier alpha value is -3.87. The second-order valence-electron chi connectivity index (χ2n) is 5.58. The van der Waals surface area contributed by atoms with Crippen LogP contribution in [0.2, 0.25) is 0 Å². The lowest BCUT2D eigenvalue weighted by molar-refractivity contribution is -0.170. The molecule has 0 heterocycles. The van der Waals surface area contributed by atoms with E-state index in [1.807, 2.05) is 0 Å². The van der Waals surface area contributed by atoms with Crippen molar-refractivity contribution in [3.63, 3.8) is 0 Å². The zero-order valence-electron chi connectivity index (χ0n) is 16.9. The lowest BCUT2D eigenvalue weighted by atomic mass is 9.96. The van der Waals surface area contributed by atoms with Crippen molar-refractivity contribution in [2.45, 2.75) is 50.6 Å². The molecule has 18 heteroatoms. The zero-order chi connectivity index (χ0) is 27.7. The Morgan fingerprint density at radius 2 is 0.848 bits per heavy atom. The maximum Gasteiger partial charge on any atom is 0.336 e. The molecule has 0 aliphatic rings. The van der Waals surface area contributed by atoms with Gasteiger partial charge in [-0.3, -0.25) is 14.4 Å². The molecule has 0 radical (unpaired) electrons. The molecule has 0 aliphatic heterocycles. The third-order valence-corrected chi connectivity index (χ3v) is 2.45. The summed E-state index contributed by atoms with van der Waals surface area (Å²) in [5, 5.41) is 89.5. The van der Waals surface area contributed by atoms with Crippen molar-refractivity contribution >= 4 is 41.8 Å². The summed E-state index contributed by atoms with van der Waals surface area (Å²) in [6.45, 7) is 2.28.